The van der Waals surface area contributed by atoms with E-state index in [9.17, 15) is 0 Å². The van der Waals surface area contributed by atoms with Gasteiger partial charge in [-0.1, -0.05) is 30.3 Å². The monoisotopic (exact) mass is 280 g/mol. The number of rotatable bonds is 4. The highest BCUT2D eigenvalue weighted by atomic mass is 16.5. The van der Waals surface area contributed by atoms with Gasteiger partial charge >= 0.3 is 6.01 Å². The molecule has 0 aliphatic rings. The van der Waals surface area contributed by atoms with Crippen LogP contribution >= 0.6 is 0 Å². The van der Waals surface area contributed by atoms with Crippen molar-refractivity contribution in [3.05, 3.63) is 66.0 Å². The van der Waals surface area contributed by atoms with E-state index in [-0.39, 0.29) is 0 Å². The lowest BCUT2D eigenvalue weighted by atomic mass is 10.1. The Morgan fingerprint density at radius 1 is 1.14 bits per heavy atom. The summed E-state index contributed by atoms with van der Waals surface area (Å²) in [7, 11) is 0. The van der Waals surface area contributed by atoms with E-state index in [1.807, 2.05) is 55.5 Å². The molecule has 0 spiro atoms. The fraction of sp³-hybridized carbons (Fsp3) is 0.125. The molecular formula is C16H16N4O. The molecule has 0 atom stereocenters. The number of para-hydroxylation sites is 1. The molecule has 5 nitrogen and oxygen atoms in total. The lowest BCUT2D eigenvalue weighted by molar-refractivity contribution is 0.438. The van der Waals surface area contributed by atoms with Gasteiger partial charge in [0.05, 0.1) is 5.69 Å². The van der Waals surface area contributed by atoms with E-state index in [4.69, 9.17) is 10.5 Å². The molecule has 0 fully saturated rings. The van der Waals surface area contributed by atoms with Gasteiger partial charge < -0.3 is 10.5 Å². The average Bonchev–Trinajstić information content (AvgIpc) is 2.99. The molecule has 5 heteroatoms. The van der Waals surface area contributed by atoms with Gasteiger partial charge in [-0.3, -0.25) is 0 Å². The first kappa shape index (κ1) is 13.3. The maximum atomic E-state index is 5.76. The number of ether oxygens (including phenoxy) is 1. The molecule has 0 radical (unpaired) electrons. The summed E-state index contributed by atoms with van der Waals surface area (Å²) in [4.78, 5) is 4.18. The second kappa shape index (κ2) is 5.76. The topological polar surface area (TPSA) is 66.0 Å². The van der Waals surface area contributed by atoms with Crippen molar-refractivity contribution in [2.45, 2.75) is 13.5 Å². The normalized spacial score (nSPS) is 10.6. The van der Waals surface area contributed by atoms with Crippen molar-refractivity contribution in [2.75, 3.05) is 0 Å². The van der Waals surface area contributed by atoms with Gasteiger partial charge in [0.15, 0.2) is 0 Å². The van der Waals surface area contributed by atoms with Gasteiger partial charge in [-0.25, -0.2) is 4.68 Å². The van der Waals surface area contributed by atoms with Crippen LogP contribution in [0.3, 0.4) is 0 Å². The molecule has 1 aromatic heterocycles. The standard InChI is InChI=1S/C16H16N4O/c1-12-7-8-13(10-17)9-15(12)21-16-18-11-20(19-16)14-5-3-2-4-6-14/h2-9,11H,10,17H2,1H3. The van der Waals surface area contributed by atoms with E-state index in [1.54, 1.807) is 11.0 Å². The average molecular weight is 280 g/mol. The summed E-state index contributed by atoms with van der Waals surface area (Å²) >= 11 is 0. The molecule has 0 aliphatic heterocycles. The predicted octanol–water partition coefficient (Wildman–Crippen LogP) is 2.83. The van der Waals surface area contributed by atoms with E-state index in [0.29, 0.717) is 12.6 Å². The van der Waals surface area contributed by atoms with Crippen molar-refractivity contribution in [1.29, 1.82) is 0 Å². The van der Waals surface area contributed by atoms with Crippen molar-refractivity contribution < 1.29 is 4.74 Å². The number of nitrogens with two attached hydrogens (primary N) is 1. The van der Waals surface area contributed by atoms with Crippen molar-refractivity contribution in [2.24, 2.45) is 5.73 Å². The molecule has 0 unspecified atom stereocenters. The highest BCUT2D eigenvalue weighted by Crippen LogP contribution is 2.24. The van der Waals surface area contributed by atoms with Crippen LogP contribution in [0.25, 0.3) is 5.69 Å². The number of aromatic nitrogens is 3. The fourth-order valence-corrected chi connectivity index (χ4v) is 1.98. The molecule has 3 aromatic rings. The molecule has 2 N–H and O–H groups in total. The second-order valence-corrected chi connectivity index (χ2v) is 4.71. The van der Waals surface area contributed by atoms with Gasteiger partial charge in [0.25, 0.3) is 0 Å². The zero-order chi connectivity index (χ0) is 14.7. The molecule has 3 rings (SSSR count). The Balaban J connectivity index is 1.85. The lowest BCUT2D eigenvalue weighted by Crippen LogP contribution is -1.98. The largest absolute Gasteiger partial charge is 0.423 e. The van der Waals surface area contributed by atoms with Gasteiger partial charge in [0, 0.05) is 6.54 Å². The lowest BCUT2D eigenvalue weighted by Gasteiger charge is -2.07. The van der Waals surface area contributed by atoms with Crippen LogP contribution in [0.2, 0.25) is 0 Å². The fourth-order valence-electron chi connectivity index (χ4n) is 1.98. The zero-order valence-electron chi connectivity index (χ0n) is 11.7. The minimum atomic E-state index is 0.316. The molecule has 0 bridgehead atoms. The molecule has 0 amide bonds. The quantitative estimate of drug-likeness (QED) is 0.798. The Morgan fingerprint density at radius 2 is 1.95 bits per heavy atom. The second-order valence-electron chi connectivity index (χ2n) is 4.71. The zero-order valence-corrected chi connectivity index (χ0v) is 11.7. The summed E-state index contributed by atoms with van der Waals surface area (Å²) in [5, 5.41) is 4.32. The minimum Gasteiger partial charge on any atom is -0.423 e. The molecule has 0 aliphatic carbocycles. The maximum absolute atomic E-state index is 5.76. The molecule has 106 valence electrons. The molecule has 2 aromatic carbocycles. The number of aryl methyl sites for hydroxylation is 1. The Hall–Kier alpha value is -2.66. The smallest absolute Gasteiger partial charge is 0.341 e. The van der Waals surface area contributed by atoms with Gasteiger partial charge in [0.2, 0.25) is 0 Å². The first-order valence-corrected chi connectivity index (χ1v) is 6.71. The van der Waals surface area contributed by atoms with Crippen molar-refractivity contribution in [3.63, 3.8) is 0 Å². The number of hydrogen-bond acceptors (Lipinski definition) is 4. The first-order valence-electron chi connectivity index (χ1n) is 6.71. The highest BCUT2D eigenvalue weighted by molar-refractivity contribution is 5.38. The van der Waals surface area contributed by atoms with Crippen LogP contribution < -0.4 is 10.5 Å². The van der Waals surface area contributed by atoms with Gasteiger partial charge in [-0.15, -0.1) is 5.10 Å². The van der Waals surface area contributed by atoms with Crippen LogP contribution in [0, 0.1) is 6.92 Å². The van der Waals surface area contributed by atoms with Gasteiger partial charge in [0.1, 0.15) is 12.1 Å². The van der Waals surface area contributed by atoms with E-state index in [2.05, 4.69) is 10.1 Å². The molecule has 1 heterocycles. The van der Waals surface area contributed by atoms with E-state index < -0.39 is 0 Å². The Bertz CT molecular complexity index is 737. The molecule has 0 saturated heterocycles. The van der Waals surface area contributed by atoms with Crippen LogP contribution in [0.15, 0.2) is 54.9 Å². The molecule has 0 saturated carbocycles. The van der Waals surface area contributed by atoms with Crippen LogP contribution in [0.4, 0.5) is 0 Å². The van der Waals surface area contributed by atoms with Gasteiger partial charge in [-0.2, -0.15) is 4.98 Å². The summed E-state index contributed by atoms with van der Waals surface area (Å²) in [5.41, 5.74) is 8.62. The summed E-state index contributed by atoms with van der Waals surface area (Å²) in [6.45, 7) is 2.45. The first-order chi connectivity index (χ1) is 10.3. The van der Waals surface area contributed by atoms with Crippen LogP contribution in [0.5, 0.6) is 11.8 Å². The Morgan fingerprint density at radius 3 is 2.71 bits per heavy atom. The third-order valence-corrected chi connectivity index (χ3v) is 3.18. The number of nitrogens with zero attached hydrogens (tertiary/aromatic N) is 3. The van der Waals surface area contributed by atoms with E-state index in [1.165, 1.54) is 0 Å². The molecular weight excluding hydrogens is 264 g/mol. The third-order valence-electron chi connectivity index (χ3n) is 3.18. The number of benzene rings is 2. The van der Waals surface area contributed by atoms with Crippen LogP contribution in [-0.4, -0.2) is 14.8 Å². The van der Waals surface area contributed by atoms with Crippen LogP contribution in [-0.2, 0) is 6.54 Å². The predicted molar refractivity (Wildman–Crippen MR) is 80.5 cm³/mol. The SMILES string of the molecule is Cc1ccc(CN)cc1Oc1ncn(-c2ccccc2)n1. The highest BCUT2D eigenvalue weighted by Gasteiger charge is 2.07. The van der Waals surface area contributed by atoms with Crippen molar-refractivity contribution in [1.82, 2.24) is 14.8 Å². The summed E-state index contributed by atoms with van der Waals surface area (Å²) in [6, 6.07) is 16.0. The third kappa shape index (κ3) is 2.93. The Labute approximate surface area is 123 Å². The van der Waals surface area contributed by atoms with E-state index >= 15 is 0 Å². The van der Waals surface area contributed by atoms with Crippen LogP contribution in [0.1, 0.15) is 11.1 Å². The summed E-state index contributed by atoms with van der Waals surface area (Å²) < 4.78 is 7.43. The van der Waals surface area contributed by atoms with Gasteiger partial charge in [-0.05, 0) is 36.2 Å². The maximum Gasteiger partial charge on any atom is 0.341 e. The number of hydrogen-bond donors (Lipinski definition) is 1. The van der Waals surface area contributed by atoms with Crippen molar-refractivity contribution >= 4 is 0 Å². The molecule has 21 heavy (non-hydrogen) atoms. The summed E-state index contributed by atoms with van der Waals surface area (Å²) in [5.74, 6) is 0.726. The minimum absolute atomic E-state index is 0.316. The van der Waals surface area contributed by atoms with Crippen molar-refractivity contribution in [3.8, 4) is 17.4 Å². The van der Waals surface area contributed by atoms with E-state index in [0.717, 1.165) is 22.6 Å². The Kier molecular flexibility index (Phi) is 3.66. The summed E-state index contributed by atoms with van der Waals surface area (Å²) in [6.07, 6.45) is 1.63.